The van der Waals surface area contributed by atoms with E-state index in [1.165, 1.54) is 71.1 Å². The number of fused-ring (bicyclic) bond motifs is 1. The minimum Gasteiger partial charge on any atom is -0.299 e. The molecule has 2 rings (SSSR count). The highest BCUT2D eigenvalue weighted by Gasteiger charge is 2.28. The Balaban J connectivity index is 1.78. The van der Waals surface area contributed by atoms with Gasteiger partial charge in [-0.1, -0.05) is 33.1 Å². The van der Waals surface area contributed by atoms with E-state index in [0.29, 0.717) is 0 Å². The Morgan fingerprint density at radius 2 is 1.74 bits per heavy atom. The standard InChI is InChI=1S/C17H34N2/c1-15(2)8-6-9-16(3)19-13-7-12-18-11-5-4-10-17(18)14-19/h15-17H,4-14H2,1-3H3. The maximum absolute atomic E-state index is 2.79. The van der Waals surface area contributed by atoms with E-state index in [2.05, 4.69) is 30.6 Å². The summed E-state index contributed by atoms with van der Waals surface area (Å²) in [5.41, 5.74) is 0. The summed E-state index contributed by atoms with van der Waals surface area (Å²) < 4.78 is 0. The van der Waals surface area contributed by atoms with Crippen LogP contribution in [0.3, 0.4) is 0 Å². The normalized spacial score (nSPS) is 28.1. The molecule has 2 heteroatoms. The molecule has 0 aliphatic carbocycles. The van der Waals surface area contributed by atoms with E-state index >= 15 is 0 Å². The quantitative estimate of drug-likeness (QED) is 0.747. The summed E-state index contributed by atoms with van der Waals surface area (Å²) in [5.74, 6) is 0.866. The lowest BCUT2D eigenvalue weighted by molar-refractivity contribution is 0.120. The van der Waals surface area contributed by atoms with Crippen LogP contribution in [0.4, 0.5) is 0 Å². The maximum Gasteiger partial charge on any atom is 0.0223 e. The Kier molecular flexibility index (Phi) is 6.15. The molecule has 2 fully saturated rings. The summed E-state index contributed by atoms with van der Waals surface area (Å²) in [6.07, 6.45) is 9.90. The number of hydrogen-bond acceptors (Lipinski definition) is 2. The van der Waals surface area contributed by atoms with Crippen LogP contribution in [0.15, 0.2) is 0 Å². The number of piperidine rings is 1. The van der Waals surface area contributed by atoms with Gasteiger partial charge < -0.3 is 0 Å². The van der Waals surface area contributed by atoms with Gasteiger partial charge in [0, 0.05) is 18.6 Å². The van der Waals surface area contributed by atoms with Crippen LogP contribution in [0.5, 0.6) is 0 Å². The third kappa shape index (κ3) is 4.75. The first-order valence-corrected chi connectivity index (χ1v) is 8.65. The predicted molar refractivity (Wildman–Crippen MR) is 83.6 cm³/mol. The van der Waals surface area contributed by atoms with Gasteiger partial charge in [-0.2, -0.15) is 0 Å². The topological polar surface area (TPSA) is 6.48 Å². The number of hydrogen-bond donors (Lipinski definition) is 0. The van der Waals surface area contributed by atoms with E-state index in [9.17, 15) is 0 Å². The third-order valence-electron chi connectivity index (χ3n) is 5.11. The summed E-state index contributed by atoms with van der Waals surface area (Å²) in [5, 5.41) is 0. The fraction of sp³-hybridized carbons (Fsp3) is 1.00. The molecular weight excluding hydrogens is 232 g/mol. The van der Waals surface area contributed by atoms with Gasteiger partial charge >= 0.3 is 0 Å². The van der Waals surface area contributed by atoms with E-state index in [0.717, 1.165) is 18.0 Å². The molecule has 0 aromatic heterocycles. The van der Waals surface area contributed by atoms with Crippen LogP contribution in [0.2, 0.25) is 0 Å². The first kappa shape index (κ1) is 15.3. The molecule has 2 unspecified atom stereocenters. The van der Waals surface area contributed by atoms with E-state index in [1.807, 2.05) is 0 Å². The SMILES string of the molecule is CC(C)CCCC(C)N1CCCN2CCCCC2C1. The van der Waals surface area contributed by atoms with Crippen molar-refractivity contribution >= 4 is 0 Å². The van der Waals surface area contributed by atoms with Gasteiger partial charge in [0.15, 0.2) is 0 Å². The largest absolute Gasteiger partial charge is 0.299 e. The van der Waals surface area contributed by atoms with Gasteiger partial charge in [-0.3, -0.25) is 9.80 Å². The Labute approximate surface area is 120 Å². The second-order valence-corrected chi connectivity index (χ2v) is 7.21. The molecule has 0 saturated carbocycles. The summed E-state index contributed by atoms with van der Waals surface area (Å²) in [6.45, 7) is 12.5. The van der Waals surface area contributed by atoms with E-state index < -0.39 is 0 Å². The molecule has 2 aliphatic heterocycles. The molecule has 112 valence electrons. The second-order valence-electron chi connectivity index (χ2n) is 7.21. The summed E-state index contributed by atoms with van der Waals surface area (Å²) in [7, 11) is 0. The fourth-order valence-corrected chi connectivity index (χ4v) is 3.80. The predicted octanol–water partition coefficient (Wildman–Crippen LogP) is 3.76. The van der Waals surface area contributed by atoms with Gasteiger partial charge in [0.2, 0.25) is 0 Å². The van der Waals surface area contributed by atoms with Crippen LogP contribution >= 0.6 is 0 Å². The van der Waals surface area contributed by atoms with Gasteiger partial charge in [-0.25, -0.2) is 0 Å². The van der Waals surface area contributed by atoms with Crippen LogP contribution in [-0.2, 0) is 0 Å². The first-order valence-electron chi connectivity index (χ1n) is 8.65. The zero-order chi connectivity index (χ0) is 13.7. The Morgan fingerprint density at radius 1 is 0.947 bits per heavy atom. The van der Waals surface area contributed by atoms with Gasteiger partial charge in [-0.15, -0.1) is 0 Å². The summed E-state index contributed by atoms with van der Waals surface area (Å²) in [4.78, 5) is 5.56. The molecule has 2 nitrogen and oxygen atoms in total. The first-order chi connectivity index (χ1) is 9.16. The highest BCUT2D eigenvalue weighted by molar-refractivity contribution is 4.84. The molecule has 0 amide bonds. The molecule has 0 aromatic carbocycles. The number of rotatable bonds is 5. The lowest BCUT2D eigenvalue weighted by Gasteiger charge is -2.37. The summed E-state index contributed by atoms with van der Waals surface area (Å²) in [6, 6.07) is 1.66. The minimum atomic E-state index is 0.792. The van der Waals surface area contributed by atoms with Crippen LogP contribution in [0.25, 0.3) is 0 Å². The van der Waals surface area contributed by atoms with Crippen molar-refractivity contribution < 1.29 is 0 Å². The molecule has 2 atom stereocenters. The van der Waals surface area contributed by atoms with E-state index in [1.54, 1.807) is 0 Å². The maximum atomic E-state index is 2.79. The smallest absolute Gasteiger partial charge is 0.0223 e. The van der Waals surface area contributed by atoms with Gasteiger partial charge in [-0.05, 0) is 58.2 Å². The van der Waals surface area contributed by atoms with Gasteiger partial charge in [0.1, 0.15) is 0 Å². The average Bonchev–Trinajstić information content (AvgIpc) is 2.60. The lowest BCUT2D eigenvalue weighted by Crippen LogP contribution is -2.45. The molecule has 0 N–H and O–H groups in total. The van der Waals surface area contributed by atoms with Crippen molar-refractivity contribution in [3.63, 3.8) is 0 Å². The van der Waals surface area contributed by atoms with Crippen molar-refractivity contribution in [2.75, 3.05) is 26.2 Å². The minimum absolute atomic E-state index is 0.792. The lowest BCUT2D eigenvalue weighted by atomic mass is 10.0. The Bertz CT molecular complexity index is 252. The highest BCUT2D eigenvalue weighted by atomic mass is 15.3. The van der Waals surface area contributed by atoms with Crippen molar-refractivity contribution in [2.45, 2.75) is 77.8 Å². The molecule has 2 aliphatic rings. The van der Waals surface area contributed by atoms with Crippen molar-refractivity contribution in [3.05, 3.63) is 0 Å². The zero-order valence-electron chi connectivity index (χ0n) is 13.4. The second kappa shape index (κ2) is 7.64. The number of nitrogens with zero attached hydrogens (tertiary/aromatic N) is 2. The molecule has 0 bridgehead atoms. The van der Waals surface area contributed by atoms with Crippen LogP contribution in [-0.4, -0.2) is 48.1 Å². The average molecular weight is 266 g/mol. The zero-order valence-corrected chi connectivity index (χ0v) is 13.4. The van der Waals surface area contributed by atoms with Gasteiger partial charge in [0.05, 0.1) is 0 Å². The van der Waals surface area contributed by atoms with Crippen LogP contribution in [0.1, 0.15) is 65.7 Å². The molecule has 0 radical (unpaired) electrons. The summed E-state index contributed by atoms with van der Waals surface area (Å²) >= 11 is 0. The molecule has 0 aromatic rings. The monoisotopic (exact) mass is 266 g/mol. The van der Waals surface area contributed by atoms with Crippen LogP contribution < -0.4 is 0 Å². The Hall–Kier alpha value is -0.0800. The van der Waals surface area contributed by atoms with E-state index in [4.69, 9.17) is 0 Å². The Morgan fingerprint density at radius 3 is 2.53 bits per heavy atom. The third-order valence-corrected chi connectivity index (χ3v) is 5.11. The molecule has 2 saturated heterocycles. The fourth-order valence-electron chi connectivity index (χ4n) is 3.80. The molecule has 2 heterocycles. The highest BCUT2D eigenvalue weighted by Crippen LogP contribution is 2.23. The molecule has 19 heavy (non-hydrogen) atoms. The van der Waals surface area contributed by atoms with Crippen molar-refractivity contribution in [3.8, 4) is 0 Å². The van der Waals surface area contributed by atoms with E-state index in [-0.39, 0.29) is 0 Å². The molecule has 0 spiro atoms. The van der Waals surface area contributed by atoms with Crippen molar-refractivity contribution in [1.82, 2.24) is 9.80 Å². The molecular formula is C17H34N2. The van der Waals surface area contributed by atoms with Crippen molar-refractivity contribution in [2.24, 2.45) is 5.92 Å². The van der Waals surface area contributed by atoms with Crippen LogP contribution in [0, 0.1) is 5.92 Å². The van der Waals surface area contributed by atoms with Gasteiger partial charge in [0.25, 0.3) is 0 Å². The van der Waals surface area contributed by atoms with Crippen molar-refractivity contribution in [1.29, 1.82) is 0 Å².